The molecule has 270 valence electrons. The molecule has 1 heterocycles. The largest absolute Gasteiger partial charge is 0.456 e. The second-order valence-corrected chi connectivity index (χ2v) is 14.1. The van der Waals surface area contributed by atoms with Crippen molar-refractivity contribution in [1.29, 1.82) is 0 Å². The van der Waals surface area contributed by atoms with E-state index in [1.165, 1.54) is 11.1 Å². The molecule has 0 amide bonds. The second kappa shape index (κ2) is 14.9. The number of hydrogen-bond donors (Lipinski definition) is 0. The first kappa shape index (κ1) is 33.9. The van der Waals surface area contributed by atoms with Crippen LogP contribution >= 0.6 is 0 Å². The van der Waals surface area contributed by atoms with Crippen LogP contribution in [-0.2, 0) is 0 Å². The van der Waals surface area contributed by atoms with Gasteiger partial charge in [-0.05, 0) is 112 Å². The first-order valence-corrected chi connectivity index (χ1v) is 19.3. The number of nitrogens with zero attached hydrogens (tertiary/aromatic N) is 2. The van der Waals surface area contributed by atoms with Gasteiger partial charge in [0.25, 0.3) is 0 Å². The molecule has 0 unspecified atom stereocenters. The van der Waals surface area contributed by atoms with Crippen LogP contribution in [0.15, 0.2) is 235 Å². The number of fused-ring (bicyclic) bond motifs is 3. The Morgan fingerprint density at radius 2 is 0.737 bits per heavy atom. The van der Waals surface area contributed by atoms with E-state index in [0.717, 1.165) is 78.3 Å². The van der Waals surface area contributed by atoms with Crippen LogP contribution in [0.4, 0.5) is 34.1 Å². The lowest BCUT2D eigenvalue weighted by molar-refractivity contribution is 0.669. The molecule has 0 N–H and O–H groups in total. The molecule has 10 aromatic rings. The van der Waals surface area contributed by atoms with E-state index >= 15 is 0 Å². The third-order valence-electron chi connectivity index (χ3n) is 10.7. The van der Waals surface area contributed by atoms with E-state index in [4.69, 9.17) is 4.42 Å². The van der Waals surface area contributed by atoms with Gasteiger partial charge in [-0.1, -0.05) is 152 Å². The molecule has 0 fully saturated rings. The minimum atomic E-state index is 0.871. The van der Waals surface area contributed by atoms with Gasteiger partial charge in [-0.2, -0.15) is 0 Å². The summed E-state index contributed by atoms with van der Waals surface area (Å²) in [6, 6.07) is 81.7. The van der Waals surface area contributed by atoms with Crippen LogP contribution in [0.1, 0.15) is 0 Å². The van der Waals surface area contributed by atoms with Crippen LogP contribution in [0.3, 0.4) is 0 Å². The van der Waals surface area contributed by atoms with Gasteiger partial charge in [0.2, 0.25) is 0 Å². The maximum atomic E-state index is 6.32. The Labute approximate surface area is 333 Å². The van der Waals surface area contributed by atoms with Crippen molar-refractivity contribution in [3.05, 3.63) is 231 Å². The Kier molecular flexibility index (Phi) is 8.86. The fourth-order valence-corrected chi connectivity index (χ4v) is 7.97. The summed E-state index contributed by atoms with van der Waals surface area (Å²) in [5, 5.41) is 2.20. The molecule has 57 heavy (non-hydrogen) atoms. The topological polar surface area (TPSA) is 19.6 Å². The Hall–Kier alpha value is -7.62. The van der Waals surface area contributed by atoms with Crippen molar-refractivity contribution in [1.82, 2.24) is 0 Å². The first-order valence-electron chi connectivity index (χ1n) is 19.3. The van der Waals surface area contributed by atoms with Gasteiger partial charge in [0.1, 0.15) is 11.2 Å². The van der Waals surface area contributed by atoms with E-state index in [-0.39, 0.29) is 0 Å². The number of benzene rings is 9. The van der Waals surface area contributed by atoms with E-state index in [1.807, 2.05) is 12.1 Å². The Balaban J connectivity index is 1.08. The summed E-state index contributed by atoms with van der Waals surface area (Å²) in [5.41, 5.74) is 15.3. The van der Waals surface area contributed by atoms with E-state index < -0.39 is 0 Å². The van der Waals surface area contributed by atoms with Gasteiger partial charge in [-0.3, -0.25) is 0 Å². The SMILES string of the molecule is c1ccc(-c2ccc(N(c3ccccc3)c3ccc(-c4ccc(N(c5ccccc5)c5cccc6oc7ccccc7c56)cc4)c(-c4ccccc4)c3)cc2)cc1. The predicted molar refractivity (Wildman–Crippen MR) is 239 cm³/mol. The van der Waals surface area contributed by atoms with Gasteiger partial charge < -0.3 is 14.2 Å². The van der Waals surface area contributed by atoms with Gasteiger partial charge in [0.15, 0.2) is 0 Å². The maximum absolute atomic E-state index is 6.32. The summed E-state index contributed by atoms with van der Waals surface area (Å²) in [6.07, 6.45) is 0. The summed E-state index contributed by atoms with van der Waals surface area (Å²) in [6.45, 7) is 0. The highest BCUT2D eigenvalue weighted by atomic mass is 16.3. The molecule has 9 aromatic carbocycles. The Morgan fingerprint density at radius 3 is 1.40 bits per heavy atom. The fraction of sp³-hybridized carbons (Fsp3) is 0. The van der Waals surface area contributed by atoms with Crippen molar-refractivity contribution in [2.24, 2.45) is 0 Å². The molecule has 10 rings (SSSR count). The summed E-state index contributed by atoms with van der Waals surface area (Å²) in [7, 11) is 0. The molecule has 3 nitrogen and oxygen atoms in total. The lowest BCUT2D eigenvalue weighted by Gasteiger charge is -2.27. The molecular formula is C54H38N2O. The predicted octanol–water partition coefficient (Wildman–Crippen LogP) is 15.5. The van der Waals surface area contributed by atoms with Gasteiger partial charge in [-0.25, -0.2) is 0 Å². The molecule has 0 radical (unpaired) electrons. The summed E-state index contributed by atoms with van der Waals surface area (Å²) in [4.78, 5) is 4.67. The number of para-hydroxylation sites is 3. The van der Waals surface area contributed by atoms with Gasteiger partial charge in [0, 0.05) is 33.8 Å². The van der Waals surface area contributed by atoms with Crippen molar-refractivity contribution in [3.63, 3.8) is 0 Å². The molecule has 0 aliphatic carbocycles. The van der Waals surface area contributed by atoms with Crippen LogP contribution in [-0.4, -0.2) is 0 Å². The standard InChI is InChI=1S/C54H38N2O/c1-5-16-39(17-6-1)40-28-32-45(33-29-40)55(43-20-9-3-10-21-43)47-36-37-48(50(38-47)41-18-7-2-8-19-41)42-30-34-46(35-31-42)56(44-22-11-4-12-23-44)51-25-15-27-53-54(51)49-24-13-14-26-52(49)57-53/h1-38H. The van der Waals surface area contributed by atoms with Crippen molar-refractivity contribution in [2.45, 2.75) is 0 Å². The molecule has 3 heteroatoms. The van der Waals surface area contributed by atoms with Gasteiger partial charge in [0.05, 0.1) is 11.1 Å². The van der Waals surface area contributed by atoms with Crippen molar-refractivity contribution in [2.75, 3.05) is 9.80 Å². The number of furan rings is 1. The smallest absolute Gasteiger partial charge is 0.137 e. The van der Waals surface area contributed by atoms with Crippen molar-refractivity contribution in [3.8, 4) is 33.4 Å². The molecule has 0 saturated heterocycles. The summed E-state index contributed by atoms with van der Waals surface area (Å²) < 4.78 is 6.32. The molecule has 0 aliphatic heterocycles. The number of anilines is 6. The van der Waals surface area contributed by atoms with Crippen LogP contribution < -0.4 is 9.80 Å². The third kappa shape index (κ3) is 6.52. The molecule has 0 atom stereocenters. The molecular weight excluding hydrogens is 693 g/mol. The highest BCUT2D eigenvalue weighted by molar-refractivity contribution is 6.13. The minimum absolute atomic E-state index is 0.871. The minimum Gasteiger partial charge on any atom is -0.456 e. The van der Waals surface area contributed by atoms with Crippen molar-refractivity contribution >= 4 is 56.1 Å². The van der Waals surface area contributed by atoms with E-state index in [9.17, 15) is 0 Å². The second-order valence-electron chi connectivity index (χ2n) is 14.1. The van der Waals surface area contributed by atoms with E-state index in [1.54, 1.807) is 0 Å². The van der Waals surface area contributed by atoms with Crippen LogP contribution in [0.25, 0.3) is 55.3 Å². The zero-order chi connectivity index (χ0) is 38.0. The van der Waals surface area contributed by atoms with Gasteiger partial charge in [-0.15, -0.1) is 0 Å². The van der Waals surface area contributed by atoms with Crippen LogP contribution in [0.5, 0.6) is 0 Å². The zero-order valence-electron chi connectivity index (χ0n) is 31.2. The zero-order valence-corrected chi connectivity index (χ0v) is 31.2. The molecule has 0 bridgehead atoms. The third-order valence-corrected chi connectivity index (χ3v) is 10.7. The van der Waals surface area contributed by atoms with Crippen molar-refractivity contribution < 1.29 is 4.42 Å². The highest BCUT2D eigenvalue weighted by Gasteiger charge is 2.20. The van der Waals surface area contributed by atoms with E-state index in [0.29, 0.717) is 0 Å². The first-order chi connectivity index (χ1) is 28.3. The Bertz CT molecular complexity index is 2920. The van der Waals surface area contributed by atoms with Crippen LogP contribution in [0.2, 0.25) is 0 Å². The van der Waals surface area contributed by atoms with Gasteiger partial charge >= 0.3 is 0 Å². The number of rotatable bonds is 9. The van der Waals surface area contributed by atoms with Crippen LogP contribution in [0, 0.1) is 0 Å². The highest BCUT2D eigenvalue weighted by Crippen LogP contribution is 2.45. The quantitative estimate of drug-likeness (QED) is 0.147. The summed E-state index contributed by atoms with van der Waals surface area (Å²) >= 11 is 0. The fourth-order valence-electron chi connectivity index (χ4n) is 7.97. The maximum Gasteiger partial charge on any atom is 0.137 e. The molecule has 0 aliphatic rings. The average Bonchev–Trinajstić information content (AvgIpc) is 3.68. The summed E-state index contributed by atoms with van der Waals surface area (Å²) in [5.74, 6) is 0. The lowest BCUT2D eigenvalue weighted by Crippen LogP contribution is -2.10. The Morgan fingerprint density at radius 1 is 0.281 bits per heavy atom. The molecule has 0 spiro atoms. The van der Waals surface area contributed by atoms with E-state index in [2.05, 4.69) is 228 Å². The average molecular weight is 731 g/mol. The molecule has 0 saturated carbocycles. The lowest BCUT2D eigenvalue weighted by atomic mass is 9.93. The monoisotopic (exact) mass is 730 g/mol. The molecule has 1 aromatic heterocycles. The normalized spacial score (nSPS) is 11.2. The number of hydrogen-bond acceptors (Lipinski definition) is 3.